The zero-order valence-electron chi connectivity index (χ0n) is 30.1. The summed E-state index contributed by atoms with van der Waals surface area (Å²) in [4.78, 5) is 77.7. The maximum atomic E-state index is 14.2. The molecule has 16 heteroatoms. The van der Waals surface area contributed by atoms with E-state index in [0.717, 1.165) is 0 Å². The summed E-state index contributed by atoms with van der Waals surface area (Å²) in [6.07, 6.45) is -0.610. The van der Waals surface area contributed by atoms with Gasteiger partial charge in [0.1, 0.15) is 6.04 Å². The number of carbonyl (C=O) groups is 6. The van der Waals surface area contributed by atoms with Gasteiger partial charge in [-0.2, -0.15) is 0 Å². The topological polar surface area (TPSA) is 185 Å². The maximum Gasteiger partial charge on any atom is 0.326 e. The molecule has 0 heterocycles. The lowest BCUT2D eigenvalue weighted by molar-refractivity contribution is -0.144. The lowest BCUT2D eigenvalue weighted by Crippen LogP contribution is -2.50. The Labute approximate surface area is 295 Å². The molecular formula is C35H51F5N4O7. The molecule has 1 aromatic carbocycles. The summed E-state index contributed by atoms with van der Waals surface area (Å²) in [5.74, 6) is -19.4. The minimum Gasteiger partial charge on any atom is -0.480 e. The number of rotatable bonds is 22. The number of nitrogens with two attached hydrogens (primary N) is 1. The number of Topliss-reactive ketones (excluding diaryl/α,β-unsaturated/α-hetero) is 2. The van der Waals surface area contributed by atoms with E-state index in [4.69, 9.17) is 5.73 Å². The third-order valence-electron chi connectivity index (χ3n) is 8.84. The molecule has 0 radical (unpaired) electrons. The zero-order chi connectivity index (χ0) is 39.3. The molecule has 0 aliphatic heterocycles. The Balaban J connectivity index is 3.20. The number of hydrogen-bond donors (Lipinski definition) is 5. The van der Waals surface area contributed by atoms with E-state index in [2.05, 4.69) is 16.0 Å². The fourth-order valence-electron chi connectivity index (χ4n) is 5.42. The first-order valence-electron chi connectivity index (χ1n) is 17.1. The molecule has 6 N–H and O–H groups in total. The van der Waals surface area contributed by atoms with Gasteiger partial charge in [-0.25, -0.2) is 26.7 Å². The van der Waals surface area contributed by atoms with Crippen LogP contribution in [0.1, 0.15) is 92.6 Å². The van der Waals surface area contributed by atoms with Crippen molar-refractivity contribution < 1.29 is 55.8 Å². The molecule has 0 aromatic heterocycles. The molecule has 1 unspecified atom stereocenters. The summed E-state index contributed by atoms with van der Waals surface area (Å²) in [5.41, 5.74) is 4.25. The summed E-state index contributed by atoms with van der Waals surface area (Å²) in [5, 5.41) is 16.8. The van der Waals surface area contributed by atoms with Crippen LogP contribution in [0.4, 0.5) is 22.0 Å². The van der Waals surface area contributed by atoms with Crippen LogP contribution in [0.25, 0.3) is 0 Å². The average molecular weight is 735 g/mol. The molecule has 11 nitrogen and oxygen atoms in total. The van der Waals surface area contributed by atoms with E-state index in [1.807, 2.05) is 0 Å². The van der Waals surface area contributed by atoms with Crippen molar-refractivity contribution in [1.29, 1.82) is 0 Å². The molecule has 1 rings (SSSR count). The van der Waals surface area contributed by atoms with Gasteiger partial charge in [0.2, 0.25) is 23.5 Å². The van der Waals surface area contributed by atoms with Gasteiger partial charge in [0.05, 0.1) is 18.5 Å². The molecule has 0 aliphatic carbocycles. The quantitative estimate of drug-likeness (QED) is 0.0510. The van der Waals surface area contributed by atoms with E-state index >= 15 is 0 Å². The molecular weight excluding hydrogens is 683 g/mol. The summed E-state index contributed by atoms with van der Waals surface area (Å²) < 4.78 is 69.4. The molecule has 288 valence electrons. The predicted molar refractivity (Wildman–Crippen MR) is 177 cm³/mol. The van der Waals surface area contributed by atoms with Crippen LogP contribution in [0.15, 0.2) is 0 Å². The van der Waals surface area contributed by atoms with E-state index < -0.39 is 130 Å². The van der Waals surface area contributed by atoms with Gasteiger partial charge in [0.15, 0.2) is 34.8 Å². The molecule has 0 fully saturated rings. The number of hydrogen-bond acceptors (Lipinski definition) is 7. The number of halogens is 5. The number of carboxylic acids is 1. The lowest BCUT2D eigenvalue weighted by Gasteiger charge is -2.28. The molecule has 0 bridgehead atoms. The molecule has 1 aromatic rings. The Hall–Kier alpha value is -3.95. The van der Waals surface area contributed by atoms with Crippen LogP contribution in [0, 0.1) is 58.7 Å². The van der Waals surface area contributed by atoms with E-state index in [-0.39, 0.29) is 19.4 Å². The van der Waals surface area contributed by atoms with Crippen LogP contribution in [-0.4, -0.2) is 65.0 Å². The van der Waals surface area contributed by atoms with Crippen LogP contribution >= 0.6 is 0 Å². The van der Waals surface area contributed by atoms with Gasteiger partial charge in [-0.05, 0) is 37.1 Å². The van der Waals surface area contributed by atoms with Gasteiger partial charge in [-0.15, -0.1) is 0 Å². The highest BCUT2D eigenvalue weighted by Gasteiger charge is 2.35. The largest absolute Gasteiger partial charge is 0.480 e. The molecule has 0 saturated heterocycles. The number of amides is 3. The van der Waals surface area contributed by atoms with Crippen LogP contribution in [0.2, 0.25) is 0 Å². The number of benzene rings is 1. The van der Waals surface area contributed by atoms with Crippen molar-refractivity contribution in [3.05, 3.63) is 34.6 Å². The third kappa shape index (κ3) is 13.0. The van der Waals surface area contributed by atoms with Crippen molar-refractivity contribution >= 4 is 35.3 Å². The van der Waals surface area contributed by atoms with Crippen LogP contribution in [0.3, 0.4) is 0 Å². The lowest BCUT2D eigenvalue weighted by atomic mass is 9.86. The molecule has 6 atom stereocenters. The van der Waals surface area contributed by atoms with Gasteiger partial charge in [-0.1, -0.05) is 61.3 Å². The third-order valence-corrected chi connectivity index (χ3v) is 8.84. The number of ketones is 2. The van der Waals surface area contributed by atoms with Gasteiger partial charge in [0, 0.05) is 30.2 Å². The van der Waals surface area contributed by atoms with Gasteiger partial charge >= 0.3 is 5.97 Å². The average Bonchev–Trinajstić information content (AvgIpc) is 3.06. The van der Waals surface area contributed by atoms with E-state index in [9.17, 15) is 55.8 Å². The fourth-order valence-corrected chi connectivity index (χ4v) is 5.42. The normalized spacial score (nSPS) is 15.0. The summed E-state index contributed by atoms with van der Waals surface area (Å²) >= 11 is 0. The number of carbonyl (C=O) groups excluding carboxylic acids is 5. The highest BCUT2D eigenvalue weighted by atomic mass is 19.2. The molecule has 51 heavy (non-hydrogen) atoms. The fraction of sp³-hybridized carbons (Fsp3) is 0.657. The second kappa shape index (κ2) is 20.8. The van der Waals surface area contributed by atoms with Crippen molar-refractivity contribution in [2.75, 3.05) is 6.54 Å². The van der Waals surface area contributed by atoms with Crippen LogP contribution in [0.5, 0.6) is 0 Å². The molecule has 0 saturated carbocycles. The zero-order valence-corrected chi connectivity index (χ0v) is 30.1. The van der Waals surface area contributed by atoms with Crippen molar-refractivity contribution in [1.82, 2.24) is 16.0 Å². The Morgan fingerprint density at radius 1 is 0.667 bits per heavy atom. The molecule has 0 aliphatic rings. The minimum atomic E-state index is -2.38. The smallest absolute Gasteiger partial charge is 0.326 e. The SMILES string of the molecule is CCC(C)[C@H](NC(=O)Cc1c(F)c(F)c(F)c(F)c1F)C(=O)C[C@@H](CCCCN)C(=O)N[C@H](C(=O)C[C@@H](C)C(=O)N[C@H](C(=O)O)C(C)C)C(C)C. The highest BCUT2D eigenvalue weighted by molar-refractivity contribution is 5.96. The standard InChI is InChI=1S/C35H51F5N4O7/c1-8-18(6)32(42-24(47)15-21-25(36)27(38)29(40)28(39)26(21)37)23(46)14-20(11-9-10-12-41)34(49)43-30(16(2)3)22(45)13-19(7)33(48)44-31(17(4)5)35(50)51/h16-20,30-32H,8-15,41H2,1-7H3,(H,42,47)(H,43,49)(H,44,48)(H,50,51)/t18?,19-,20-,30+,31+,32+/m1/s1. The first-order chi connectivity index (χ1) is 23.7. The first kappa shape index (κ1) is 45.1. The Morgan fingerprint density at radius 2 is 1.16 bits per heavy atom. The summed E-state index contributed by atoms with van der Waals surface area (Å²) in [6.45, 7) is 11.6. The van der Waals surface area contributed by atoms with Crippen molar-refractivity contribution in [3.63, 3.8) is 0 Å². The molecule has 0 spiro atoms. The van der Waals surface area contributed by atoms with Crippen LogP contribution < -0.4 is 21.7 Å². The number of aliphatic carboxylic acids is 1. The number of carboxylic acid groups (broad SMARTS) is 1. The van der Waals surface area contributed by atoms with E-state index in [1.54, 1.807) is 41.5 Å². The second-order valence-corrected chi connectivity index (χ2v) is 13.7. The Morgan fingerprint density at radius 3 is 1.63 bits per heavy atom. The molecule has 3 amide bonds. The van der Waals surface area contributed by atoms with Crippen LogP contribution in [-0.2, 0) is 35.2 Å². The highest BCUT2D eigenvalue weighted by Crippen LogP contribution is 2.24. The van der Waals surface area contributed by atoms with Crippen molar-refractivity contribution in [3.8, 4) is 0 Å². The Bertz CT molecular complexity index is 1400. The van der Waals surface area contributed by atoms with Crippen molar-refractivity contribution in [2.24, 2.45) is 35.3 Å². The van der Waals surface area contributed by atoms with E-state index in [1.165, 1.54) is 6.92 Å². The number of unbranched alkanes of at least 4 members (excludes halogenated alkanes) is 1. The van der Waals surface area contributed by atoms with Gasteiger partial charge in [0.25, 0.3) is 0 Å². The predicted octanol–water partition coefficient (Wildman–Crippen LogP) is 4.12. The first-order valence-corrected chi connectivity index (χ1v) is 17.1. The summed E-state index contributed by atoms with van der Waals surface area (Å²) in [7, 11) is 0. The van der Waals surface area contributed by atoms with Crippen molar-refractivity contribution in [2.45, 2.75) is 112 Å². The van der Waals surface area contributed by atoms with E-state index in [0.29, 0.717) is 19.3 Å². The van der Waals surface area contributed by atoms with Gasteiger partial charge in [-0.3, -0.25) is 24.0 Å². The summed E-state index contributed by atoms with van der Waals surface area (Å²) in [6, 6.07) is -3.54. The maximum absolute atomic E-state index is 14.2. The second-order valence-electron chi connectivity index (χ2n) is 13.7. The number of nitrogens with one attached hydrogen (secondary N) is 3. The van der Waals surface area contributed by atoms with Gasteiger partial charge < -0.3 is 26.8 Å². The minimum absolute atomic E-state index is 0.157. The Kier molecular flexibility index (Phi) is 18.4. The monoisotopic (exact) mass is 734 g/mol.